The van der Waals surface area contributed by atoms with E-state index in [4.69, 9.17) is 28.9 Å². The van der Waals surface area contributed by atoms with Crippen LogP contribution in [0, 0.1) is 5.92 Å². The van der Waals surface area contributed by atoms with Crippen LogP contribution in [0.4, 0.5) is 18.9 Å². The largest absolute Gasteiger partial charge is 0.416 e. The molecule has 2 atom stereocenters. The van der Waals surface area contributed by atoms with Gasteiger partial charge < -0.3 is 20.4 Å². The molecule has 2 aromatic carbocycles. The number of hydrogen-bond acceptors (Lipinski definition) is 5. The first-order valence-corrected chi connectivity index (χ1v) is 15.5. The molecular formula is C31H40Cl2F3N5O2. The normalized spacial score (nSPS) is 18.4. The Morgan fingerprint density at radius 3 is 2.28 bits per heavy atom. The van der Waals surface area contributed by atoms with Gasteiger partial charge in [0.05, 0.1) is 12.1 Å². The average molecular weight is 643 g/mol. The van der Waals surface area contributed by atoms with E-state index in [-0.39, 0.29) is 30.7 Å². The molecule has 2 saturated heterocycles. The number of amides is 2. The van der Waals surface area contributed by atoms with Crippen molar-refractivity contribution in [2.24, 2.45) is 11.7 Å². The Balaban J connectivity index is 1.55. The van der Waals surface area contributed by atoms with Crippen molar-refractivity contribution in [3.8, 4) is 0 Å². The number of carbonyl (C=O) groups excluding carboxylic acids is 2. The van der Waals surface area contributed by atoms with Crippen molar-refractivity contribution in [1.29, 1.82) is 0 Å². The summed E-state index contributed by atoms with van der Waals surface area (Å²) in [6.45, 7) is 9.60. The molecule has 0 saturated carbocycles. The lowest BCUT2D eigenvalue weighted by Crippen LogP contribution is -2.61. The highest BCUT2D eigenvalue weighted by Crippen LogP contribution is 2.37. The molecule has 2 unspecified atom stereocenters. The number of halogens is 5. The molecule has 12 heteroatoms. The van der Waals surface area contributed by atoms with Gasteiger partial charge in [-0.2, -0.15) is 13.2 Å². The molecule has 0 spiro atoms. The predicted molar refractivity (Wildman–Crippen MR) is 164 cm³/mol. The summed E-state index contributed by atoms with van der Waals surface area (Å²) in [4.78, 5) is 34.7. The van der Waals surface area contributed by atoms with Crippen molar-refractivity contribution in [1.82, 2.24) is 14.7 Å². The SMILES string of the molecule is CCN1CCN(C(Cc2ccc(Cl)cc2Cl)C(=O)N2CCN(c3ccc(C(F)(F)F)cc3C(N)CC(C)C)CC2)C(=O)C1. The van der Waals surface area contributed by atoms with Crippen molar-refractivity contribution in [2.75, 3.05) is 57.3 Å². The van der Waals surface area contributed by atoms with Crippen LogP contribution < -0.4 is 10.6 Å². The molecule has 2 fully saturated rings. The number of likely N-dealkylation sites (N-methyl/N-ethyl adjacent to an activating group) is 1. The van der Waals surface area contributed by atoms with E-state index in [2.05, 4.69) is 0 Å². The second-order valence-corrected chi connectivity index (χ2v) is 12.6. The number of nitrogens with two attached hydrogens (primary N) is 1. The fourth-order valence-corrected chi connectivity index (χ4v) is 6.38. The zero-order chi connectivity index (χ0) is 31.5. The fourth-order valence-electron chi connectivity index (χ4n) is 5.89. The highest BCUT2D eigenvalue weighted by atomic mass is 35.5. The van der Waals surface area contributed by atoms with E-state index in [1.54, 1.807) is 28.0 Å². The zero-order valence-electron chi connectivity index (χ0n) is 24.8. The number of benzene rings is 2. The Morgan fingerprint density at radius 1 is 1.00 bits per heavy atom. The Kier molecular flexibility index (Phi) is 10.9. The fraction of sp³-hybridized carbons (Fsp3) is 0.548. The van der Waals surface area contributed by atoms with E-state index in [0.29, 0.717) is 67.0 Å². The van der Waals surface area contributed by atoms with E-state index in [1.807, 2.05) is 30.6 Å². The van der Waals surface area contributed by atoms with Crippen molar-refractivity contribution >= 4 is 40.7 Å². The number of piperazine rings is 2. The third kappa shape index (κ3) is 8.15. The van der Waals surface area contributed by atoms with Crippen LogP contribution in [-0.2, 0) is 22.2 Å². The van der Waals surface area contributed by atoms with Gasteiger partial charge in [-0.15, -0.1) is 0 Å². The minimum atomic E-state index is -4.47. The van der Waals surface area contributed by atoms with Gasteiger partial charge in [-0.25, -0.2) is 0 Å². The monoisotopic (exact) mass is 641 g/mol. The summed E-state index contributed by atoms with van der Waals surface area (Å²) < 4.78 is 40.7. The highest BCUT2D eigenvalue weighted by Gasteiger charge is 2.38. The van der Waals surface area contributed by atoms with E-state index >= 15 is 0 Å². The summed E-state index contributed by atoms with van der Waals surface area (Å²) in [7, 11) is 0. The van der Waals surface area contributed by atoms with E-state index in [1.165, 1.54) is 6.07 Å². The van der Waals surface area contributed by atoms with Gasteiger partial charge >= 0.3 is 6.18 Å². The lowest BCUT2D eigenvalue weighted by molar-refractivity contribution is -0.149. The van der Waals surface area contributed by atoms with Crippen molar-refractivity contribution < 1.29 is 22.8 Å². The molecule has 0 aromatic heterocycles. The molecule has 43 heavy (non-hydrogen) atoms. The van der Waals surface area contributed by atoms with Gasteiger partial charge in [0.1, 0.15) is 6.04 Å². The quantitative estimate of drug-likeness (QED) is 0.392. The minimum Gasteiger partial charge on any atom is -0.368 e. The predicted octanol–water partition coefficient (Wildman–Crippen LogP) is 5.48. The molecule has 0 bridgehead atoms. The molecule has 2 aliphatic heterocycles. The summed E-state index contributed by atoms with van der Waals surface area (Å²) in [6, 6.07) is 7.57. The number of alkyl halides is 3. The standard InChI is InChI=1S/C31H40Cl2F3N5O2/c1-4-38-9-14-41(29(42)19-38)28(16-21-5-7-23(32)18-25(21)33)30(43)40-12-10-39(11-13-40)27-8-6-22(31(34,35)36)17-24(27)26(37)15-20(2)3/h5-8,17-18,20,26,28H,4,9-16,19,37H2,1-3H3. The van der Waals surface area contributed by atoms with Crippen LogP contribution in [0.15, 0.2) is 36.4 Å². The first kappa shape index (κ1) is 33.4. The Morgan fingerprint density at radius 2 is 1.70 bits per heavy atom. The second-order valence-electron chi connectivity index (χ2n) is 11.7. The third-order valence-corrected chi connectivity index (χ3v) is 8.87. The van der Waals surface area contributed by atoms with Gasteiger partial charge in [0.15, 0.2) is 0 Å². The van der Waals surface area contributed by atoms with Gasteiger partial charge in [0.25, 0.3) is 0 Å². The van der Waals surface area contributed by atoms with E-state index in [0.717, 1.165) is 24.2 Å². The van der Waals surface area contributed by atoms with Gasteiger partial charge in [-0.05, 0) is 60.3 Å². The van der Waals surface area contributed by atoms with Crippen LogP contribution in [-0.4, -0.2) is 84.9 Å². The zero-order valence-corrected chi connectivity index (χ0v) is 26.4. The smallest absolute Gasteiger partial charge is 0.368 e. The molecule has 2 N–H and O–H groups in total. The number of carbonyl (C=O) groups is 2. The van der Waals surface area contributed by atoms with Crippen LogP contribution in [0.25, 0.3) is 0 Å². The van der Waals surface area contributed by atoms with E-state index < -0.39 is 23.8 Å². The second kappa shape index (κ2) is 14.1. The van der Waals surface area contributed by atoms with Crippen molar-refractivity contribution in [2.45, 2.75) is 51.9 Å². The highest BCUT2D eigenvalue weighted by molar-refractivity contribution is 6.35. The molecule has 7 nitrogen and oxygen atoms in total. The molecule has 0 radical (unpaired) electrons. The molecule has 2 heterocycles. The molecule has 236 valence electrons. The minimum absolute atomic E-state index is 0.108. The van der Waals surface area contributed by atoms with Crippen molar-refractivity contribution in [3.05, 3.63) is 63.1 Å². The number of nitrogens with zero attached hydrogens (tertiary/aromatic N) is 4. The molecule has 2 aromatic rings. The first-order chi connectivity index (χ1) is 20.3. The van der Waals surface area contributed by atoms with Crippen LogP contribution in [0.1, 0.15) is 49.9 Å². The van der Waals surface area contributed by atoms with Gasteiger partial charge in [0.2, 0.25) is 11.8 Å². The average Bonchev–Trinajstić information content (AvgIpc) is 2.95. The maximum atomic E-state index is 14.1. The van der Waals surface area contributed by atoms with Crippen LogP contribution >= 0.6 is 23.2 Å². The van der Waals surface area contributed by atoms with Crippen LogP contribution in [0.2, 0.25) is 10.0 Å². The Hall–Kier alpha value is -2.53. The van der Waals surface area contributed by atoms with Crippen LogP contribution in [0.5, 0.6) is 0 Å². The molecule has 4 rings (SSSR count). The summed E-state index contributed by atoms with van der Waals surface area (Å²) >= 11 is 12.6. The number of rotatable bonds is 9. The third-order valence-electron chi connectivity index (χ3n) is 8.28. The Labute approximate surface area is 261 Å². The maximum Gasteiger partial charge on any atom is 0.416 e. The molecule has 0 aliphatic carbocycles. The maximum absolute atomic E-state index is 14.1. The topological polar surface area (TPSA) is 73.1 Å². The van der Waals surface area contributed by atoms with Gasteiger partial charge in [-0.3, -0.25) is 14.5 Å². The molecular weight excluding hydrogens is 602 g/mol. The van der Waals surface area contributed by atoms with Crippen LogP contribution in [0.3, 0.4) is 0 Å². The summed E-state index contributed by atoms with van der Waals surface area (Å²) in [5.74, 6) is -0.0725. The molecule has 2 amide bonds. The van der Waals surface area contributed by atoms with E-state index in [9.17, 15) is 22.8 Å². The lowest BCUT2D eigenvalue weighted by atomic mass is 9.94. The number of anilines is 1. The van der Waals surface area contributed by atoms with Gasteiger partial charge in [0, 0.05) is 67.5 Å². The van der Waals surface area contributed by atoms with Crippen molar-refractivity contribution in [3.63, 3.8) is 0 Å². The first-order valence-electron chi connectivity index (χ1n) is 14.7. The summed E-state index contributed by atoms with van der Waals surface area (Å²) in [5.41, 5.74) is 7.53. The summed E-state index contributed by atoms with van der Waals surface area (Å²) in [6.07, 6.45) is -3.68. The lowest BCUT2D eigenvalue weighted by Gasteiger charge is -2.42. The Bertz CT molecular complexity index is 1300. The molecule has 2 aliphatic rings. The number of hydrogen-bond donors (Lipinski definition) is 1. The van der Waals surface area contributed by atoms with Gasteiger partial charge in [-0.1, -0.05) is 50.0 Å². The summed E-state index contributed by atoms with van der Waals surface area (Å²) in [5, 5.41) is 0.915.